The van der Waals surface area contributed by atoms with Gasteiger partial charge in [0.1, 0.15) is 0 Å². The lowest BCUT2D eigenvalue weighted by atomic mass is 10.1. The summed E-state index contributed by atoms with van der Waals surface area (Å²) in [7, 11) is 0. The molecule has 12 heavy (non-hydrogen) atoms. The van der Waals surface area contributed by atoms with E-state index in [0.717, 1.165) is 13.1 Å². The zero-order valence-electron chi connectivity index (χ0n) is 7.94. The monoisotopic (exact) mass is 170 g/mol. The summed E-state index contributed by atoms with van der Waals surface area (Å²) in [5.41, 5.74) is 0.419. The molecule has 0 saturated heterocycles. The molecule has 0 aromatic heterocycles. The normalized spacial score (nSPS) is 18.8. The third kappa shape index (κ3) is 3.22. The molecule has 2 N–H and O–H groups in total. The van der Waals surface area contributed by atoms with Gasteiger partial charge >= 0.3 is 0 Å². The molecule has 0 aromatic rings. The van der Waals surface area contributed by atoms with E-state index in [1.165, 1.54) is 12.8 Å². The van der Waals surface area contributed by atoms with Crippen molar-refractivity contribution in [1.82, 2.24) is 10.6 Å². The maximum absolute atomic E-state index is 11.1. The van der Waals surface area contributed by atoms with E-state index >= 15 is 0 Å². The summed E-state index contributed by atoms with van der Waals surface area (Å²) in [5, 5.41) is 5.91. The van der Waals surface area contributed by atoms with Gasteiger partial charge in [-0.1, -0.05) is 13.8 Å². The molecular weight excluding hydrogens is 152 g/mol. The molecule has 3 heteroatoms. The van der Waals surface area contributed by atoms with Crippen molar-refractivity contribution < 1.29 is 4.79 Å². The number of amides is 1. The van der Waals surface area contributed by atoms with Crippen molar-refractivity contribution in [3.8, 4) is 0 Å². The van der Waals surface area contributed by atoms with Crippen LogP contribution in [0.3, 0.4) is 0 Å². The van der Waals surface area contributed by atoms with Gasteiger partial charge in [0.25, 0.3) is 0 Å². The highest BCUT2D eigenvalue weighted by Crippen LogP contribution is 2.43. The number of hydrogen-bond acceptors (Lipinski definition) is 2. The minimum absolute atomic E-state index is 0.116. The Morgan fingerprint density at radius 3 is 2.67 bits per heavy atom. The molecule has 1 rings (SSSR count). The van der Waals surface area contributed by atoms with E-state index in [0.29, 0.717) is 12.0 Å². The number of nitrogens with one attached hydrogen (secondary N) is 2. The highest BCUT2D eigenvalue weighted by molar-refractivity contribution is 5.78. The lowest BCUT2D eigenvalue weighted by Gasteiger charge is -2.09. The fourth-order valence-corrected chi connectivity index (χ4v) is 1.00. The van der Waals surface area contributed by atoms with Crippen LogP contribution in [0.1, 0.15) is 26.7 Å². The smallest absolute Gasteiger partial charge is 0.233 e. The molecule has 0 spiro atoms. The lowest BCUT2D eigenvalue weighted by Crippen LogP contribution is -2.36. The second-order valence-electron chi connectivity index (χ2n) is 3.87. The van der Waals surface area contributed by atoms with Gasteiger partial charge in [-0.3, -0.25) is 4.79 Å². The molecule has 1 fully saturated rings. The van der Waals surface area contributed by atoms with Gasteiger partial charge in [-0.2, -0.15) is 0 Å². The second-order valence-corrected chi connectivity index (χ2v) is 3.87. The Morgan fingerprint density at radius 1 is 1.50 bits per heavy atom. The van der Waals surface area contributed by atoms with Gasteiger partial charge in [-0.25, -0.2) is 0 Å². The number of carbonyl (C=O) groups excluding carboxylic acids is 1. The summed E-state index contributed by atoms with van der Waals surface area (Å²) < 4.78 is 0. The summed E-state index contributed by atoms with van der Waals surface area (Å²) in [6.45, 7) is 6.35. The molecule has 1 aliphatic carbocycles. The molecule has 0 unspecified atom stereocenters. The topological polar surface area (TPSA) is 41.1 Å². The first-order valence-electron chi connectivity index (χ1n) is 4.64. The number of rotatable bonds is 5. The Labute approximate surface area is 73.9 Å². The molecule has 1 saturated carbocycles. The van der Waals surface area contributed by atoms with Gasteiger partial charge in [-0.15, -0.1) is 0 Å². The Morgan fingerprint density at radius 2 is 2.17 bits per heavy atom. The van der Waals surface area contributed by atoms with Crippen molar-refractivity contribution in [2.75, 3.05) is 19.6 Å². The highest BCUT2D eigenvalue weighted by Gasteiger charge is 2.37. The first-order valence-corrected chi connectivity index (χ1v) is 4.64. The van der Waals surface area contributed by atoms with Crippen LogP contribution < -0.4 is 10.6 Å². The van der Waals surface area contributed by atoms with Crippen LogP contribution in [-0.4, -0.2) is 25.5 Å². The third-order valence-corrected chi connectivity index (χ3v) is 2.35. The molecule has 3 nitrogen and oxygen atoms in total. The largest absolute Gasteiger partial charge is 0.354 e. The van der Waals surface area contributed by atoms with Gasteiger partial charge in [-0.05, 0) is 24.8 Å². The van der Waals surface area contributed by atoms with Crippen molar-refractivity contribution in [3.05, 3.63) is 0 Å². The average molecular weight is 170 g/mol. The van der Waals surface area contributed by atoms with Crippen LogP contribution in [0.25, 0.3) is 0 Å². The number of carbonyl (C=O) groups is 1. The Balaban J connectivity index is 2.02. The van der Waals surface area contributed by atoms with Gasteiger partial charge < -0.3 is 10.6 Å². The second kappa shape index (κ2) is 3.90. The van der Waals surface area contributed by atoms with Crippen LogP contribution in [0.15, 0.2) is 0 Å². The Hall–Kier alpha value is -0.570. The van der Waals surface area contributed by atoms with Crippen LogP contribution in [0.5, 0.6) is 0 Å². The molecular formula is C9H18N2O. The van der Waals surface area contributed by atoms with Crippen LogP contribution in [0.2, 0.25) is 0 Å². The minimum atomic E-state index is 0.116. The van der Waals surface area contributed by atoms with Crippen molar-refractivity contribution in [2.45, 2.75) is 26.7 Å². The molecule has 0 heterocycles. The first-order chi connectivity index (χ1) is 5.66. The molecule has 1 aliphatic rings. The summed E-state index contributed by atoms with van der Waals surface area (Å²) in [5.74, 6) is 0.116. The zero-order valence-corrected chi connectivity index (χ0v) is 7.94. The Bertz CT molecular complexity index is 164. The van der Waals surface area contributed by atoms with Crippen LogP contribution in [0, 0.1) is 5.41 Å². The molecule has 70 valence electrons. The standard InChI is InChI=1S/C9H18N2O/c1-3-10-6-8(12)11-7-9(2)4-5-9/h10H,3-7H2,1-2H3,(H,11,12). The van der Waals surface area contributed by atoms with E-state index in [1.807, 2.05) is 6.92 Å². The quantitative estimate of drug-likeness (QED) is 0.631. The predicted molar refractivity (Wildman–Crippen MR) is 48.9 cm³/mol. The average Bonchev–Trinajstić information content (AvgIpc) is 2.77. The molecule has 0 aromatic carbocycles. The number of hydrogen-bond donors (Lipinski definition) is 2. The van der Waals surface area contributed by atoms with E-state index in [4.69, 9.17) is 0 Å². The Kier molecular flexibility index (Phi) is 3.09. The third-order valence-electron chi connectivity index (χ3n) is 2.35. The first kappa shape index (κ1) is 9.52. The van der Waals surface area contributed by atoms with Gasteiger partial charge in [0.2, 0.25) is 5.91 Å². The van der Waals surface area contributed by atoms with Crippen LogP contribution >= 0.6 is 0 Å². The van der Waals surface area contributed by atoms with Crippen molar-refractivity contribution >= 4 is 5.91 Å². The lowest BCUT2D eigenvalue weighted by molar-refractivity contribution is -0.120. The van der Waals surface area contributed by atoms with Gasteiger partial charge in [0.15, 0.2) is 0 Å². The molecule has 0 atom stereocenters. The van der Waals surface area contributed by atoms with Crippen molar-refractivity contribution in [3.63, 3.8) is 0 Å². The number of likely N-dealkylation sites (N-methyl/N-ethyl adjacent to an activating group) is 1. The van der Waals surface area contributed by atoms with Crippen LogP contribution in [0.4, 0.5) is 0 Å². The molecule has 0 aliphatic heterocycles. The summed E-state index contributed by atoms with van der Waals surface area (Å²) in [4.78, 5) is 11.1. The maximum Gasteiger partial charge on any atom is 0.233 e. The van der Waals surface area contributed by atoms with E-state index in [1.54, 1.807) is 0 Å². The van der Waals surface area contributed by atoms with E-state index in [2.05, 4.69) is 17.6 Å². The zero-order chi connectivity index (χ0) is 9.03. The summed E-state index contributed by atoms with van der Waals surface area (Å²) >= 11 is 0. The predicted octanol–water partition coefficient (Wildman–Crippen LogP) is 0.512. The fraction of sp³-hybridized carbons (Fsp3) is 0.889. The van der Waals surface area contributed by atoms with Crippen LogP contribution in [-0.2, 0) is 4.79 Å². The van der Waals surface area contributed by atoms with Crippen molar-refractivity contribution in [2.24, 2.45) is 5.41 Å². The van der Waals surface area contributed by atoms with E-state index in [9.17, 15) is 4.79 Å². The van der Waals surface area contributed by atoms with E-state index < -0.39 is 0 Å². The van der Waals surface area contributed by atoms with E-state index in [-0.39, 0.29) is 5.91 Å². The van der Waals surface area contributed by atoms with Crippen molar-refractivity contribution in [1.29, 1.82) is 0 Å². The summed E-state index contributed by atoms with van der Waals surface area (Å²) in [6, 6.07) is 0. The summed E-state index contributed by atoms with van der Waals surface area (Å²) in [6.07, 6.45) is 2.52. The SMILES string of the molecule is CCNCC(=O)NCC1(C)CC1. The van der Waals surface area contributed by atoms with Gasteiger partial charge in [0, 0.05) is 6.54 Å². The highest BCUT2D eigenvalue weighted by atomic mass is 16.1. The molecule has 1 amide bonds. The maximum atomic E-state index is 11.1. The fourth-order valence-electron chi connectivity index (χ4n) is 1.00. The van der Waals surface area contributed by atoms with Gasteiger partial charge in [0.05, 0.1) is 6.54 Å². The molecule has 0 radical (unpaired) electrons. The minimum Gasteiger partial charge on any atom is -0.354 e. The molecule has 0 bridgehead atoms.